The summed E-state index contributed by atoms with van der Waals surface area (Å²) in [4.78, 5) is 0. The summed E-state index contributed by atoms with van der Waals surface area (Å²) in [7, 11) is 0. The molecule has 0 bridgehead atoms. The molecule has 0 unspecified atom stereocenters. The zero-order valence-corrected chi connectivity index (χ0v) is 26.7. The minimum atomic E-state index is 0.546. The minimum Gasteiger partial charge on any atom is -0.309 e. The predicted molar refractivity (Wildman–Crippen MR) is 200 cm³/mol. The van der Waals surface area contributed by atoms with E-state index < -0.39 is 0 Å². The van der Waals surface area contributed by atoms with Crippen LogP contribution in [0.15, 0.2) is 152 Å². The van der Waals surface area contributed by atoms with Gasteiger partial charge in [-0.2, -0.15) is 15.8 Å². The van der Waals surface area contributed by atoms with Gasteiger partial charge in [0.25, 0.3) is 0 Å². The van der Waals surface area contributed by atoms with Gasteiger partial charge in [-0.05, 0) is 83.9 Å². The van der Waals surface area contributed by atoms with Crippen LogP contribution in [0, 0.1) is 34.0 Å². The Labute approximate surface area is 287 Å². The standard InChI is InChI=1S/C45H25N5/c46-26-29-14-22-44-40(23-29)37-9-3-4-10-41(37)49(44)34-19-17-31(18-20-34)32-15-16-33(28-48)39(25-32)38-21-13-30(27-47)24-45(38)50-42-11-5-1-7-35(42)36-8-2-6-12-43(36)50/h1-25H. The number of nitrogens with zero attached hydrogens (tertiary/aromatic N) is 5. The van der Waals surface area contributed by atoms with E-state index in [9.17, 15) is 15.8 Å². The maximum atomic E-state index is 10.3. The molecule has 9 rings (SSSR count). The van der Waals surface area contributed by atoms with Crippen LogP contribution >= 0.6 is 0 Å². The van der Waals surface area contributed by atoms with E-state index in [1.807, 2.05) is 84.9 Å². The summed E-state index contributed by atoms with van der Waals surface area (Å²) in [5.41, 5.74) is 11.4. The molecule has 5 heteroatoms. The molecule has 7 aromatic carbocycles. The van der Waals surface area contributed by atoms with Gasteiger partial charge >= 0.3 is 0 Å². The Morgan fingerprint density at radius 3 is 1.56 bits per heavy atom. The van der Waals surface area contributed by atoms with Crippen LogP contribution in [0.2, 0.25) is 0 Å². The van der Waals surface area contributed by atoms with Crippen LogP contribution in [0.25, 0.3) is 77.2 Å². The van der Waals surface area contributed by atoms with E-state index in [0.29, 0.717) is 16.7 Å². The largest absolute Gasteiger partial charge is 0.309 e. The number of rotatable bonds is 4. The van der Waals surface area contributed by atoms with Gasteiger partial charge < -0.3 is 9.13 Å². The highest BCUT2D eigenvalue weighted by molar-refractivity contribution is 6.11. The summed E-state index contributed by atoms with van der Waals surface area (Å²) in [5.74, 6) is 0. The number of hydrogen-bond acceptors (Lipinski definition) is 3. The van der Waals surface area contributed by atoms with E-state index in [1.54, 1.807) is 0 Å². The Morgan fingerprint density at radius 1 is 0.380 bits per heavy atom. The molecule has 0 aliphatic rings. The highest BCUT2D eigenvalue weighted by Gasteiger charge is 2.19. The topological polar surface area (TPSA) is 81.2 Å². The van der Waals surface area contributed by atoms with Crippen molar-refractivity contribution in [1.82, 2.24) is 9.13 Å². The fourth-order valence-electron chi connectivity index (χ4n) is 7.36. The monoisotopic (exact) mass is 635 g/mol. The Bertz CT molecular complexity index is 2900. The Hall–Kier alpha value is -7.39. The summed E-state index contributed by atoms with van der Waals surface area (Å²) < 4.78 is 4.43. The summed E-state index contributed by atoms with van der Waals surface area (Å²) in [5, 5.41) is 34.2. The van der Waals surface area contributed by atoms with Gasteiger partial charge in [-0.1, -0.05) is 78.9 Å². The number of fused-ring (bicyclic) bond motifs is 6. The van der Waals surface area contributed by atoms with Crippen molar-refractivity contribution in [3.63, 3.8) is 0 Å². The molecule has 230 valence electrons. The lowest BCUT2D eigenvalue weighted by molar-refractivity contribution is 1.18. The van der Waals surface area contributed by atoms with E-state index in [0.717, 1.165) is 77.2 Å². The first-order chi connectivity index (χ1) is 24.7. The SMILES string of the molecule is N#Cc1ccc(-c2cc(-c3ccc(-n4c5ccccc5c5cc(C#N)ccc54)cc3)ccc2C#N)c(-n2c3ccccc3c3ccccc32)c1. The third-order valence-electron chi connectivity index (χ3n) is 9.64. The van der Waals surface area contributed by atoms with Gasteiger partial charge in [-0.15, -0.1) is 0 Å². The van der Waals surface area contributed by atoms with Crippen molar-refractivity contribution >= 4 is 43.6 Å². The lowest BCUT2D eigenvalue weighted by atomic mass is 9.93. The second-order valence-corrected chi connectivity index (χ2v) is 12.3. The molecule has 0 spiro atoms. The summed E-state index contributed by atoms with van der Waals surface area (Å²) in [6.07, 6.45) is 0. The molecule has 2 heterocycles. The molecule has 9 aromatic rings. The van der Waals surface area contributed by atoms with Gasteiger partial charge in [0.2, 0.25) is 0 Å². The van der Waals surface area contributed by atoms with Gasteiger partial charge in [0.05, 0.1) is 62.7 Å². The van der Waals surface area contributed by atoms with Crippen molar-refractivity contribution in [1.29, 1.82) is 15.8 Å². The minimum absolute atomic E-state index is 0.546. The Balaban J connectivity index is 1.20. The zero-order chi connectivity index (χ0) is 33.8. The van der Waals surface area contributed by atoms with Gasteiger partial charge in [-0.3, -0.25) is 0 Å². The van der Waals surface area contributed by atoms with Crippen LogP contribution in [0.3, 0.4) is 0 Å². The van der Waals surface area contributed by atoms with E-state index in [4.69, 9.17) is 0 Å². The molecule has 0 saturated heterocycles. The van der Waals surface area contributed by atoms with Crippen LogP contribution in [0.5, 0.6) is 0 Å². The third-order valence-corrected chi connectivity index (χ3v) is 9.64. The van der Waals surface area contributed by atoms with Crippen LogP contribution in [0.1, 0.15) is 16.7 Å². The number of nitriles is 3. The first kappa shape index (κ1) is 28.8. The van der Waals surface area contributed by atoms with Crippen LogP contribution in [-0.2, 0) is 0 Å². The van der Waals surface area contributed by atoms with E-state index in [-0.39, 0.29) is 0 Å². The molecule has 50 heavy (non-hydrogen) atoms. The summed E-state index contributed by atoms with van der Waals surface area (Å²) in [6, 6.07) is 57.8. The predicted octanol–water partition coefficient (Wildman–Crippen LogP) is 10.8. The molecule has 0 N–H and O–H groups in total. The van der Waals surface area contributed by atoms with E-state index >= 15 is 0 Å². The average Bonchev–Trinajstić information content (AvgIpc) is 3.70. The van der Waals surface area contributed by atoms with Gasteiger partial charge in [0, 0.05) is 38.4 Å². The number of aromatic nitrogens is 2. The molecule has 0 saturated carbocycles. The molecule has 0 fully saturated rings. The molecule has 0 amide bonds. The summed E-state index contributed by atoms with van der Waals surface area (Å²) in [6.45, 7) is 0. The molecule has 0 atom stereocenters. The lowest BCUT2D eigenvalue weighted by Gasteiger charge is -2.16. The maximum Gasteiger partial charge on any atom is 0.0998 e. The smallest absolute Gasteiger partial charge is 0.0998 e. The van der Waals surface area contributed by atoms with Crippen molar-refractivity contribution in [2.24, 2.45) is 0 Å². The Morgan fingerprint density at radius 2 is 0.920 bits per heavy atom. The number of para-hydroxylation sites is 3. The second kappa shape index (κ2) is 11.4. The molecular formula is C45H25N5. The molecule has 0 aliphatic heterocycles. The molecule has 0 radical (unpaired) electrons. The van der Waals surface area contributed by atoms with Crippen LogP contribution in [0.4, 0.5) is 0 Å². The van der Waals surface area contributed by atoms with Gasteiger partial charge in [0.15, 0.2) is 0 Å². The maximum absolute atomic E-state index is 10.3. The van der Waals surface area contributed by atoms with Crippen molar-refractivity contribution in [3.05, 3.63) is 168 Å². The highest BCUT2D eigenvalue weighted by atomic mass is 15.0. The third kappa shape index (κ3) is 4.38. The quantitative estimate of drug-likeness (QED) is 0.193. The Kier molecular flexibility index (Phi) is 6.56. The fourth-order valence-corrected chi connectivity index (χ4v) is 7.36. The molecular weight excluding hydrogens is 611 g/mol. The van der Waals surface area contributed by atoms with Crippen molar-refractivity contribution in [3.8, 4) is 51.8 Å². The summed E-state index contributed by atoms with van der Waals surface area (Å²) >= 11 is 0. The van der Waals surface area contributed by atoms with Crippen LogP contribution in [-0.4, -0.2) is 9.13 Å². The van der Waals surface area contributed by atoms with Crippen molar-refractivity contribution in [2.75, 3.05) is 0 Å². The van der Waals surface area contributed by atoms with E-state index in [2.05, 4.69) is 94.1 Å². The van der Waals surface area contributed by atoms with E-state index in [1.165, 1.54) is 0 Å². The number of benzene rings is 7. The first-order valence-corrected chi connectivity index (χ1v) is 16.3. The average molecular weight is 636 g/mol. The number of hydrogen-bond donors (Lipinski definition) is 0. The highest BCUT2D eigenvalue weighted by Crippen LogP contribution is 2.39. The molecule has 0 aliphatic carbocycles. The van der Waals surface area contributed by atoms with Gasteiger partial charge in [-0.25, -0.2) is 0 Å². The zero-order valence-electron chi connectivity index (χ0n) is 26.7. The molecule has 2 aromatic heterocycles. The second-order valence-electron chi connectivity index (χ2n) is 12.3. The normalized spacial score (nSPS) is 11.1. The first-order valence-electron chi connectivity index (χ1n) is 16.3. The lowest BCUT2D eigenvalue weighted by Crippen LogP contribution is -1.99. The van der Waals surface area contributed by atoms with Crippen molar-refractivity contribution in [2.45, 2.75) is 0 Å². The van der Waals surface area contributed by atoms with Gasteiger partial charge in [0.1, 0.15) is 0 Å². The molecule has 5 nitrogen and oxygen atoms in total. The van der Waals surface area contributed by atoms with Crippen LogP contribution < -0.4 is 0 Å². The fraction of sp³-hybridized carbons (Fsp3) is 0. The van der Waals surface area contributed by atoms with Crippen molar-refractivity contribution < 1.29 is 0 Å².